The first-order valence-corrected chi connectivity index (χ1v) is 6.84. The molecule has 1 aromatic rings. The summed E-state index contributed by atoms with van der Waals surface area (Å²) in [6.45, 7) is 5.91. The normalized spacial score (nSPS) is 10.0. The lowest BCUT2D eigenvalue weighted by atomic mass is 10.2. The fourth-order valence-corrected chi connectivity index (χ4v) is 2.18. The minimum absolute atomic E-state index is 0.00977. The second-order valence-electron chi connectivity index (χ2n) is 3.78. The molecule has 1 N–H and O–H groups in total. The van der Waals surface area contributed by atoms with Crippen LogP contribution in [0.15, 0.2) is 35.9 Å². The lowest BCUT2D eigenvalue weighted by molar-refractivity contribution is -0.118. The van der Waals surface area contributed by atoms with E-state index < -0.39 is 0 Å². The Morgan fingerprint density at radius 2 is 2.29 bits per heavy atom. The second-order valence-corrected chi connectivity index (χ2v) is 5.30. The summed E-state index contributed by atoms with van der Waals surface area (Å²) in [5, 5.41) is 3.13. The highest BCUT2D eigenvalue weighted by molar-refractivity contribution is 7.99. The molecule has 0 aromatic heterocycles. The van der Waals surface area contributed by atoms with Crippen molar-refractivity contribution in [1.82, 2.24) is 5.32 Å². The molecule has 0 fully saturated rings. The predicted molar refractivity (Wildman–Crippen MR) is 75.3 cm³/mol. The van der Waals surface area contributed by atoms with Crippen LogP contribution in [0.1, 0.15) is 11.1 Å². The molecule has 92 valence electrons. The quantitative estimate of drug-likeness (QED) is 0.860. The Morgan fingerprint density at radius 1 is 1.53 bits per heavy atom. The van der Waals surface area contributed by atoms with Crippen molar-refractivity contribution in [2.75, 3.05) is 12.3 Å². The first-order chi connectivity index (χ1) is 8.08. The molecule has 0 aliphatic carbocycles. The van der Waals surface area contributed by atoms with Gasteiger partial charge in [-0.3, -0.25) is 4.79 Å². The highest BCUT2D eigenvalue weighted by atomic mass is 35.5. The van der Waals surface area contributed by atoms with E-state index in [-0.39, 0.29) is 5.91 Å². The maximum Gasteiger partial charge on any atom is 0.230 e. The van der Waals surface area contributed by atoms with Crippen LogP contribution in [0, 0.1) is 6.92 Å². The van der Waals surface area contributed by atoms with Crippen LogP contribution in [0.2, 0.25) is 0 Å². The summed E-state index contributed by atoms with van der Waals surface area (Å²) in [6, 6.07) is 8.29. The Hall–Kier alpha value is -0.930. The zero-order chi connectivity index (χ0) is 12.7. The van der Waals surface area contributed by atoms with Gasteiger partial charge in [-0.25, -0.2) is 0 Å². The fourth-order valence-electron chi connectivity index (χ4n) is 1.31. The van der Waals surface area contributed by atoms with E-state index in [1.165, 1.54) is 11.1 Å². The SMILES string of the molecule is C=C(Cl)CNC(=O)CSCc1cccc(C)c1. The Labute approximate surface area is 111 Å². The Morgan fingerprint density at radius 3 is 2.94 bits per heavy atom. The number of benzene rings is 1. The number of thioether (sulfide) groups is 1. The summed E-state index contributed by atoms with van der Waals surface area (Å²) < 4.78 is 0. The van der Waals surface area contributed by atoms with Gasteiger partial charge in [-0.1, -0.05) is 48.0 Å². The van der Waals surface area contributed by atoms with Crippen LogP contribution >= 0.6 is 23.4 Å². The van der Waals surface area contributed by atoms with Crippen LogP contribution in [-0.2, 0) is 10.5 Å². The lowest BCUT2D eigenvalue weighted by Crippen LogP contribution is -2.26. The van der Waals surface area contributed by atoms with E-state index in [0.29, 0.717) is 17.3 Å². The topological polar surface area (TPSA) is 29.1 Å². The van der Waals surface area contributed by atoms with Gasteiger partial charge in [-0.15, -0.1) is 11.8 Å². The van der Waals surface area contributed by atoms with Crippen molar-refractivity contribution in [3.8, 4) is 0 Å². The molecule has 0 heterocycles. The number of carbonyl (C=O) groups is 1. The number of halogens is 1. The molecule has 0 unspecified atom stereocenters. The molecular formula is C13H16ClNOS. The van der Waals surface area contributed by atoms with Gasteiger partial charge in [-0.2, -0.15) is 0 Å². The smallest absolute Gasteiger partial charge is 0.230 e. The molecule has 0 aliphatic heterocycles. The summed E-state index contributed by atoms with van der Waals surface area (Å²) in [6.07, 6.45) is 0. The molecular weight excluding hydrogens is 254 g/mol. The molecule has 1 rings (SSSR count). The maximum atomic E-state index is 11.4. The molecule has 0 spiro atoms. The van der Waals surface area contributed by atoms with Gasteiger partial charge in [0.25, 0.3) is 0 Å². The van der Waals surface area contributed by atoms with Crippen molar-refractivity contribution in [2.45, 2.75) is 12.7 Å². The first kappa shape index (κ1) is 14.1. The number of carbonyl (C=O) groups excluding carboxylic acids is 1. The van der Waals surface area contributed by atoms with Crippen molar-refractivity contribution in [3.63, 3.8) is 0 Å². The zero-order valence-corrected chi connectivity index (χ0v) is 11.4. The van der Waals surface area contributed by atoms with Gasteiger partial charge in [0.15, 0.2) is 0 Å². The molecule has 1 aromatic carbocycles. The summed E-state index contributed by atoms with van der Waals surface area (Å²) in [7, 11) is 0. The van der Waals surface area contributed by atoms with E-state index in [1.807, 2.05) is 6.07 Å². The van der Waals surface area contributed by atoms with Crippen LogP contribution in [0.5, 0.6) is 0 Å². The van der Waals surface area contributed by atoms with Crippen LogP contribution < -0.4 is 5.32 Å². The van der Waals surface area contributed by atoms with Crippen molar-refractivity contribution in [3.05, 3.63) is 47.0 Å². The average Bonchev–Trinajstić information content (AvgIpc) is 2.26. The van der Waals surface area contributed by atoms with Crippen molar-refractivity contribution in [1.29, 1.82) is 0 Å². The fraction of sp³-hybridized carbons (Fsp3) is 0.308. The first-order valence-electron chi connectivity index (χ1n) is 5.31. The molecule has 2 nitrogen and oxygen atoms in total. The lowest BCUT2D eigenvalue weighted by Gasteiger charge is -2.04. The highest BCUT2D eigenvalue weighted by Crippen LogP contribution is 2.13. The van der Waals surface area contributed by atoms with Gasteiger partial charge in [0.1, 0.15) is 0 Å². The van der Waals surface area contributed by atoms with Crippen LogP contribution in [0.3, 0.4) is 0 Å². The summed E-state index contributed by atoms with van der Waals surface area (Å²) in [5.74, 6) is 1.28. The van der Waals surface area contributed by atoms with Gasteiger partial charge in [0.2, 0.25) is 5.91 Å². The number of amides is 1. The third kappa shape index (κ3) is 6.39. The largest absolute Gasteiger partial charge is 0.350 e. The van der Waals surface area contributed by atoms with E-state index in [0.717, 1.165) is 5.75 Å². The van der Waals surface area contributed by atoms with E-state index in [2.05, 4.69) is 37.0 Å². The average molecular weight is 270 g/mol. The van der Waals surface area contributed by atoms with Crippen molar-refractivity contribution >= 4 is 29.3 Å². The van der Waals surface area contributed by atoms with Crippen LogP contribution in [0.4, 0.5) is 0 Å². The summed E-state index contributed by atoms with van der Waals surface area (Å²) in [5.41, 5.74) is 2.48. The van der Waals surface area contributed by atoms with Gasteiger partial charge in [0.05, 0.1) is 12.3 Å². The monoisotopic (exact) mass is 269 g/mol. The minimum Gasteiger partial charge on any atom is -0.350 e. The number of aryl methyl sites for hydroxylation is 1. The number of hydrogen-bond acceptors (Lipinski definition) is 2. The molecule has 0 atom stereocenters. The second kappa shape index (κ2) is 7.41. The highest BCUT2D eigenvalue weighted by Gasteiger charge is 2.01. The number of rotatable bonds is 6. The Kier molecular flexibility index (Phi) is 6.16. The minimum atomic E-state index is -0.00977. The molecule has 1 amide bonds. The molecule has 17 heavy (non-hydrogen) atoms. The Bertz CT molecular complexity index is 406. The third-order valence-electron chi connectivity index (χ3n) is 2.06. The van der Waals surface area contributed by atoms with Gasteiger partial charge < -0.3 is 5.32 Å². The van der Waals surface area contributed by atoms with E-state index in [4.69, 9.17) is 11.6 Å². The number of hydrogen-bond donors (Lipinski definition) is 1. The van der Waals surface area contributed by atoms with E-state index in [1.54, 1.807) is 11.8 Å². The van der Waals surface area contributed by atoms with E-state index in [9.17, 15) is 4.79 Å². The third-order valence-corrected chi connectivity index (χ3v) is 3.20. The summed E-state index contributed by atoms with van der Waals surface area (Å²) >= 11 is 7.14. The molecule has 0 bridgehead atoms. The van der Waals surface area contributed by atoms with Gasteiger partial charge in [-0.05, 0) is 12.5 Å². The summed E-state index contributed by atoms with van der Waals surface area (Å²) in [4.78, 5) is 11.4. The van der Waals surface area contributed by atoms with Gasteiger partial charge >= 0.3 is 0 Å². The van der Waals surface area contributed by atoms with Gasteiger partial charge in [0, 0.05) is 10.8 Å². The Balaban J connectivity index is 2.23. The molecule has 0 saturated heterocycles. The molecule has 0 saturated carbocycles. The maximum absolute atomic E-state index is 11.4. The van der Waals surface area contributed by atoms with Crippen LogP contribution in [0.25, 0.3) is 0 Å². The van der Waals surface area contributed by atoms with Crippen molar-refractivity contribution in [2.24, 2.45) is 0 Å². The van der Waals surface area contributed by atoms with Crippen molar-refractivity contribution < 1.29 is 4.79 Å². The number of nitrogens with one attached hydrogen (secondary N) is 1. The zero-order valence-electron chi connectivity index (χ0n) is 9.83. The standard InChI is InChI=1S/C13H16ClNOS/c1-10-4-3-5-12(6-10)8-17-9-13(16)15-7-11(2)14/h3-6H,2,7-9H2,1H3,(H,15,16). The molecule has 4 heteroatoms. The predicted octanol–water partition coefficient (Wildman–Crippen LogP) is 3.10. The molecule has 0 radical (unpaired) electrons. The van der Waals surface area contributed by atoms with E-state index >= 15 is 0 Å². The molecule has 0 aliphatic rings. The van der Waals surface area contributed by atoms with Crippen LogP contribution in [-0.4, -0.2) is 18.2 Å².